The third-order valence-corrected chi connectivity index (χ3v) is 4.04. The van der Waals surface area contributed by atoms with Gasteiger partial charge in [0.2, 0.25) is 0 Å². The van der Waals surface area contributed by atoms with E-state index in [-0.39, 0.29) is 41.6 Å². The summed E-state index contributed by atoms with van der Waals surface area (Å²) >= 11 is 0. The van der Waals surface area contributed by atoms with Gasteiger partial charge in [-0.1, -0.05) is 12.1 Å². The summed E-state index contributed by atoms with van der Waals surface area (Å²) < 4.78 is 21.1. The molecule has 1 aromatic carbocycles. The van der Waals surface area contributed by atoms with Gasteiger partial charge in [-0.3, -0.25) is 9.67 Å². The van der Waals surface area contributed by atoms with Gasteiger partial charge in [0.05, 0.1) is 12.2 Å². The van der Waals surface area contributed by atoms with Crippen molar-refractivity contribution in [3.8, 4) is 5.75 Å². The van der Waals surface area contributed by atoms with E-state index in [0.29, 0.717) is 19.0 Å². The molecule has 2 aromatic rings. The summed E-state index contributed by atoms with van der Waals surface area (Å²) in [6.07, 6.45) is -0.211. The van der Waals surface area contributed by atoms with E-state index in [9.17, 15) is 4.39 Å². The first-order valence-electron chi connectivity index (χ1n) is 8.27. The number of nitrogens with one attached hydrogen (secondary N) is 2. The summed E-state index contributed by atoms with van der Waals surface area (Å²) in [4.78, 5) is 4.20. The fraction of sp³-hybridized carbons (Fsp3) is 0.444. The molecule has 8 heteroatoms. The highest BCUT2D eigenvalue weighted by Crippen LogP contribution is 2.16. The summed E-state index contributed by atoms with van der Waals surface area (Å²) in [5.41, 5.74) is 3.28. The Kier molecular flexibility index (Phi) is 8.83. The van der Waals surface area contributed by atoms with Crippen molar-refractivity contribution >= 4 is 29.9 Å². The molecule has 26 heavy (non-hydrogen) atoms. The molecule has 0 aliphatic rings. The average Bonchev–Trinajstić information content (AvgIpc) is 2.82. The average molecular weight is 475 g/mol. The Hall–Kier alpha value is -1.84. The molecule has 0 saturated heterocycles. The molecule has 1 atom stereocenters. The van der Waals surface area contributed by atoms with Crippen LogP contribution in [0.15, 0.2) is 29.3 Å². The molecule has 0 aliphatic heterocycles. The SMILES string of the molecule is CN=C(NCc1c(C)nn(C)c1C)NCC(C)Oc1ccccc1F.I. The molecule has 0 bridgehead atoms. The number of guanidine groups is 1. The lowest BCUT2D eigenvalue weighted by Crippen LogP contribution is -2.41. The van der Waals surface area contributed by atoms with E-state index < -0.39 is 0 Å². The van der Waals surface area contributed by atoms with E-state index in [1.165, 1.54) is 6.07 Å². The minimum absolute atomic E-state index is 0. The maximum atomic E-state index is 13.6. The number of benzene rings is 1. The first-order chi connectivity index (χ1) is 11.9. The molecule has 2 N–H and O–H groups in total. The Morgan fingerprint density at radius 2 is 2.00 bits per heavy atom. The fourth-order valence-electron chi connectivity index (χ4n) is 2.51. The number of rotatable bonds is 6. The zero-order chi connectivity index (χ0) is 18.4. The number of para-hydroxylation sites is 1. The molecule has 1 aromatic heterocycles. The summed E-state index contributed by atoms with van der Waals surface area (Å²) in [6, 6.07) is 6.39. The zero-order valence-corrected chi connectivity index (χ0v) is 18.2. The Bertz CT molecular complexity index is 747. The van der Waals surface area contributed by atoms with Crippen molar-refractivity contribution in [3.63, 3.8) is 0 Å². The summed E-state index contributed by atoms with van der Waals surface area (Å²) in [5, 5.41) is 10.9. The second-order valence-electron chi connectivity index (χ2n) is 5.94. The molecular weight excluding hydrogens is 448 g/mol. The first kappa shape index (κ1) is 22.2. The minimum Gasteiger partial charge on any atom is -0.486 e. The summed E-state index contributed by atoms with van der Waals surface area (Å²) in [7, 11) is 3.64. The van der Waals surface area contributed by atoms with Crippen LogP contribution in [0.2, 0.25) is 0 Å². The predicted octanol–water partition coefficient (Wildman–Crippen LogP) is 2.93. The second-order valence-corrected chi connectivity index (χ2v) is 5.94. The van der Waals surface area contributed by atoms with Gasteiger partial charge in [0.25, 0.3) is 0 Å². The van der Waals surface area contributed by atoms with Gasteiger partial charge in [-0.25, -0.2) is 4.39 Å². The lowest BCUT2D eigenvalue weighted by molar-refractivity contribution is 0.214. The van der Waals surface area contributed by atoms with Crippen molar-refractivity contribution < 1.29 is 9.13 Å². The van der Waals surface area contributed by atoms with E-state index in [0.717, 1.165) is 17.0 Å². The molecule has 2 rings (SSSR count). The van der Waals surface area contributed by atoms with Gasteiger partial charge in [0.15, 0.2) is 17.5 Å². The van der Waals surface area contributed by atoms with Crippen molar-refractivity contribution in [1.29, 1.82) is 0 Å². The number of aliphatic imine (C=N–C) groups is 1. The van der Waals surface area contributed by atoms with Crippen molar-refractivity contribution in [2.45, 2.75) is 33.4 Å². The molecule has 1 heterocycles. The van der Waals surface area contributed by atoms with E-state index >= 15 is 0 Å². The maximum Gasteiger partial charge on any atom is 0.191 e. The topological polar surface area (TPSA) is 63.5 Å². The Morgan fingerprint density at radius 1 is 1.31 bits per heavy atom. The van der Waals surface area contributed by atoms with Crippen molar-refractivity contribution in [1.82, 2.24) is 20.4 Å². The van der Waals surface area contributed by atoms with Crippen molar-refractivity contribution in [3.05, 3.63) is 47.0 Å². The molecule has 0 fully saturated rings. The van der Waals surface area contributed by atoms with Gasteiger partial charge in [-0.2, -0.15) is 5.10 Å². The van der Waals surface area contributed by atoms with Gasteiger partial charge < -0.3 is 15.4 Å². The Labute approximate surface area is 171 Å². The van der Waals surface area contributed by atoms with Crippen LogP contribution in [-0.2, 0) is 13.6 Å². The highest BCUT2D eigenvalue weighted by atomic mass is 127. The van der Waals surface area contributed by atoms with Gasteiger partial charge in [0, 0.05) is 31.9 Å². The monoisotopic (exact) mass is 475 g/mol. The molecule has 1 unspecified atom stereocenters. The highest BCUT2D eigenvalue weighted by Gasteiger charge is 2.11. The largest absolute Gasteiger partial charge is 0.486 e. The number of aromatic nitrogens is 2. The van der Waals surface area contributed by atoms with Gasteiger partial charge in [-0.15, -0.1) is 24.0 Å². The number of hydrogen-bond acceptors (Lipinski definition) is 3. The van der Waals surface area contributed by atoms with Crippen LogP contribution < -0.4 is 15.4 Å². The number of aryl methyl sites for hydroxylation is 2. The van der Waals surface area contributed by atoms with E-state index in [1.54, 1.807) is 25.2 Å². The summed E-state index contributed by atoms with van der Waals surface area (Å²) in [6.45, 7) is 7.04. The lowest BCUT2D eigenvalue weighted by Gasteiger charge is -2.18. The number of nitrogens with zero attached hydrogens (tertiary/aromatic N) is 3. The zero-order valence-electron chi connectivity index (χ0n) is 15.8. The summed E-state index contributed by atoms with van der Waals surface area (Å²) in [5.74, 6) is 0.548. The number of halogens is 2. The molecule has 144 valence electrons. The third kappa shape index (κ3) is 5.86. The first-order valence-corrected chi connectivity index (χ1v) is 8.27. The highest BCUT2D eigenvalue weighted by molar-refractivity contribution is 14.0. The molecule has 0 aliphatic carbocycles. The molecule has 6 nitrogen and oxygen atoms in total. The quantitative estimate of drug-likeness (QED) is 0.383. The standard InChI is InChI=1S/C18H26FN5O.HI/c1-12(25-17-9-7-6-8-16(17)19)10-21-18(20-4)22-11-15-13(2)23-24(5)14(15)3;/h6-9,12H,10-11H2,1-5H3,(H2,20,21,22);1H. The smallest absolute Gasteiger partial charge is 0.191 e. The van der Waals surface area contributed by atoms with Crippen LogP contribution in [0.25, 0.3) is 0 Å². The Morgan fingerprint density at radius 3 is 2.58 bits per heavy atom. The normalized spacial score (nSPS) is 12.3. The van der Waals surface area contributed by atoms with E-state index in [4.69, 9.17) is 4.74 Å². The van der Waals surface area contributed by atoms with Gasteiger partial charge in [0.1, 0.15) is 6.10 Å². The minimum atomic E-state index is -0.362. The molecule has 0 saturated carbocycles. The van der Waals surface area contributed by atoms with Crippen LogP contribution in [0, 0.1) is 19.7 Å². The fourth-order valence-corrected chi connectivity index (χ4v) is 2.51. The van der Waals surface area contributed by atoms with Crippen LogP contribution in [-0.4, -0.2) is 35.4 Å². The molecule has 0 radical (unpaired) electrons. The predicted molar refractivity (Wildman–Crippen MR) is 113 cm³/mol. The van der Waals surface area contributed by atoms with Crippen molar-refractivity contribution in [2.24, 2.45) is 12.0 Å². The molecule has 0 amide bonds. The van der Waals surface area contributed by atoms with Crippen LogP contribution in [0.1, 0.15) is 23.9 Å². The van der Waals surface area contributed by atoms with E-state index in [2.05, 4.69) is 20.7 Å². The van der Waals surface area contributed by atoms with E-state index in [1.807, 2.05) is 32.5 Å². The van der Waals surface area contributed by atoms with Crippen LogP contribution in [0.5, 0.6) is 5.75 Å². The molecule has 0 spiro atoms. The van der Waals surface area contributed by atoms with Gasteiger partial charge in [-0.05, 0) is 32.9 Å². The second kappa shape index (κ2) is 10.3. The number of hydrogen-bond donors (Lipinski definition) is 2. The molecular formula is C18H27FIN5O. The third-order valence-electron chi connectivity index (χ3n) is 4.04. The lowest BCUT2D eigenvalue weighted by atomic mass is 10.2. The van der Waals surface area contributed by atoms with Crippen molar-refractivity contribution in [2.75, 3.05) is 13.6 Å². The van der Waals surface area contributed by atoms with Gasteiger partial charge >= 0.3 is 0 Å². The maximum absolute atomic E-state index is 13.6. The van der Waals surface area contributed by atoms with Crippen LogP contribution in [0.4, 0.5) is 4.39 Å². The Balaban J connectivity index is 0.00000338. The van der Waals surface area contributed by atoms with Crippen LogP contribution >= 0.6 is 24.0 Å². The number of ether oxygens (including phenoxy) is 1. The van der Waals surface area contributed by atoms with Crippen LogP contribution in [0.3, 0.4) is 0 Å².